The molecule has 126 valence electrons. The SMILES string of the molecule is CCN(CC1COc2ccccc2O1)C(=O)Nc1ccc(C)cc1. The first-order valence-corrected chi connectivity index (χ1v) is 8.17. The third-order valence-corrected chi connectivity index (χ3v) is 3.96. The Kier molecular flexibility index (Phi) is 4.89. The molecule has 0 saturated carbocycles. The first-order valence-electron chi connectivity index (χ1n) is 8.17. The summed E-state index contributed by atoms with van der Waals surface area (Å²) in [6, 6.07) is 15.2. The largest absolute Gasteiger partial charge is 0.486 e. The van der Waals surface area contributed by atoms with E-state index < -0.39 is 0 Å². The van der Waals surface area contributed by atoms with Gasteiger partial charge in [0, 0.05) is 12.2 Å². The maximum atomic E-state index is 12.5. The molecule has 0 radical (unpaired) electrons. The topological polar surface area (TPSA) is 50.8 Å². The standard InChI is InChI=1S/C19H22N2O3/c1-3-21(19(22)20-15-10-8-14(2)9-11-15)12-16-13-23-17-6-4-5-7-18(17)24-16/h4-11,16H,3,12-13H2,1-2H3,(H,20,22). The van der Waals surface area contributed by atoms with Gasteiger partial charge in [-0.1, -0.05) is 29.8 Å². The number of para-hydroxylation sites is 2. The predicted octanol–water partition coefficient (Wildman–Crippen LogP) is 3.69. The van der Waals surface area contributed by atoms with Gasteiger partial charge in [0.25, 0.3) is 0 Å². The van der Waals surface area contributed by atoms with Crippen LogP contribution in [0.1, 0.15) is 12.5 Å². The zero-order valence-corrected chi connectivity index (χ0v) is 14.0. The number of urea groups is 1. The maximum absolute atomic E-state index is 12.5. The van der Waals surface area contributed by atoms with Crippen molar-refractivity contribution in [3.05, 3.63) is 54.1 Å². The van der Waals surface area contributed by atoms with Crippen molar-refractivity contribution in [1.29, 1.82) is 0 Å². The third kappa shape index (κ3) is 3.79. The molecule has 5 nitrogen and oxygen atoms in total. The lowest BCUT2D eigenvalue weighted by atomic mass is 10.2. The molecule has 2 amide bonds. The Bertz CT molecular complexity index is 700. The van der Waals surface area contributed by atoms with Crippen molar-refractivity contribution in [1.82, 2.24) is 4.90 Å². The summed E-state index contributed by atoms with van der Waals surface area (Å²) in [5.41, 5.74) is 1.95. The molecule has 1 aliphatic rings. The highest BCUT2D eigenvalue weighted by atomic mass is 16.6. The summed E-state index contributed by atoms with van der Waals surface area (Å²) in [5.74, 6) is 1.48. The second-order valence-electron chi connectivity index (χ2n) is 5.83. The summed E-state index contributed by atoms with van der Waals surface area (Å²) >= 11 is 0. The molecular formula is C19H22N2O3. The van der Waals surface area contributed by atoms with Gasteiger partial charge in [0.1, 0.15) is 6.61 Å². The Hall–Kier alpha value is -2.69. The van der Waals surface area contributed by atoms with Crippen LogP contribution in [0.2, 0.25) is 0 Å². The quantitative estimate of drug-likeness (QED) is 0.932. The van der Waals surface area contributed by atoms with Crippen molar-refractivity contribution >= 4 is 11.7 Å². The summed E-state index contributed by atoms with van der Waals surface area (Å²) in [5, 5.41) is 2.92. The number of likely N-dealkylation sites (N-methyl/N-ethyl adjacent to an activating group) is 1. The van der Waals surface area contributed by atoms with E-state index in [0.29, 0.717) is 19.7 Å². The fraction of sp³-hybridized carbons (Fsp3) is 0.316. The van der Waals surface area contributed by atoms with E-state index in [1.54, 1.807) is 4.90 Å². The van der Waals surface area contributed by atoms with Gasteiger partial charge >= 0.3 is 6.03 Å². The highest BCUT2D eigenvalue weighted by molar-refractivity contribution is 5.89. The molecule has 2 aromatic carbocycles. The average molecular weight is 326 g/mol. The van der Waals surface area contributed by atoms with E-state index in [9.17, 15) is 4.79 Å². The smallest absolute Gasteiger partial charge is 0.321 e. The number of carbonyl (C=O) groups excluding carboxylic acids is 1. The number of carbonyl (C=O) groups is 1. The van der Waals surface area contributed by atoms with Crippen LogP contribution in [0.3, 0.4) is 0 Å². The molecule has 5 heteroatoms. The number of rotatable bonds is 4. The number of fused-ring (bicyclic) bond motifs is 1. The van der Waals surface area contributed by atoms with Crippen molar-refractivity contribution in [2.45, 2.75) is 20.0 Å². The molecule has 2 aromatic rings. The molecule has 1 heterocycles. The summed E-state index contributed by atoms with van der Waals surface area (Å²) in [6.45, 7) is 5.47. The Labute approximate surface area is 142 Å². The van der Waals surface area contributed by atoms with Crippen molar-refractivity contribution in [3.63, 3.8) is 0 Å². The number of hydrogen-bond acceptors (Lipinski definition) is 3. The molecule has 1 atom stereocenters. The van der Waals surface area contributed by atoms with Crippen LogP contribution in [-0.2, 0) is 0 Å². The van der Waals surface area contributed by atoms with Gasteiger partial charge in [-0.3, -0.25) is 0 Å². The van der Waals surface area contributed by atoms with E-state index in [2.05, 4.69) is 5.32 Å². The van der Waals surface area contributed by atoms with Crippen LogP contribution in [0, 0.1) is 6.92 Å². The Morgan fingerprint density at radius 1 is 1.17 bits per heavy atom. The number of anilines is 1. The summed E-state index contributed by atoms with van der Waals surface area (Å²) in [7, 11) is 0. The minimum absolute atomic E-state index is 0.135. The Balaban J connectivity index is 1.60. The highest BCUT2D eigenvalue weighted by Gasteiger charge is 2.24. The van der Waals surface area contributed by atoms with Gasteiger partial charge in [-0.2, -0.15) is 0 Å². The second kappa shape index (κ2) is 7.25. The van der Waals surface area contributed by atoms with Crippen molar-refractivity contribution in [3.8, 4) is 11.5 Å². The van der Waals surface area contributed by atoms with E-state index in [4.69, 9.17) is 9.47 Å². The highest BCUT2D eigenvalue weighted by Crippen LogP contribution is 2.31. The number of ether oxygens (including phenoxy) is 2. The maximum Gasteiger partial charge on any atom is 0.321 e. The summed E-state index contributed by atoms with van der Waals surface area (Å²) in [4.78, 5) is 14.2. The number of nitrogens with zero attached hydrogens (tertiary/aromatic N) is 1. The fourth-order valence-electron chi connectivity index (χ4n) is 2.59. The lowest BCUT2D eigenvalue weighted by Crippen LogP contribution is -2.45. The molecule has 1 N–H and O–H groups in total. The van der Waals surface area contributed by atoms with Crippen molar-refractivity contribution < 1.29 is 14.3 Å². The number of benzene rings is 2. The van der Waals surface area contributed by atoms with Gasteiger partial charge in [-0.15, -0.1) is 0 Å². The molecular weight excluding hydrogens is 304 g/mol. The van der Waals surface area contributed by atoms with Crippen LogP contribution in [0.5, 0.6) is 11.5 Å². The van der Waals surface area contributed by atoms with Crippen LogP contribution in [0.4, 0.5) is 10.5 Å². The molecule has 24 heavy (non-hydrogen) atoms. The van der Waals surface area contributed by atoms with Crippen molar-refractivity contribution in [2.24, 2.45) is 0 Å². The normalized spacial score (nSPS) is 15.7. The van der Waals surface area contributed by atoms with E-state index in [1.807, 2.05) is 62.4 Å². The van der Waals surface area contributed by atoms with E-state index in [-0.39, 0.29) is 12.1 Å². The number of nitrogens with one attached hydrogen (secondary N) is 1. The summed E-state index contributed by atoms with van der Waals surface area (Å²) < 4.78 is 11.6. The lowest BCUT2D eigenvalue weighted by Gasteiger charge is -2.30. The van der Waals surface area contributed by atoms with Gasteiger partial charge in [-0.25, -0.2) is 4.79 Å². The molecule has 0 aliphatic carbocycles. The van der Waals surface area contributed by atoms with Gasteiger partial charge < -0.3 is 19.7 Å². The van der Waals surface area contributed by atoms with Crippen LogP contribution in [-0.4, -0.2) is 36.7 Å². The van der Waals surface area contributed by atoms with Crippen molar-refractivity contribution in [2.75, 3.05) is 25.0 Å². The van der Waals surface area contributed by atoms with Crippen LogP contribution in [0.15, 0.2) is 48.5 Å². The molecule has 0 aromatic heterocycles. The molecule has 1 unspecified atom stereocenters. The minimum Gasteiger partial charge on any atom is -0.486 e. The zero-order chi connectivity index (χ0) is 16.9. The van der Waals surface area contributed by atoms with Gasteiger partial charge in [0.2, 0.25) is 0 Å². The average Bonchev–Trinajstić information content (AvgIpc) is 2.61. The minimum atomic E-state index is -0.177. The molecule has 1 aliphatic heterocycles. The number of aryl methyl sites for hydroxylation is 1. The number of amides is 2. The van der Waals surface area contributed by atoms with E-state index >= 15 is 0 Å². The monoisotopic (exact) mass is 326 g/mol. The zero-order valence-electron chi connectivity index (χ0n) is 14.0. The van der Waals surface area contributed by atoms with Gasteiger partial charge in [0.15, 0.2) is 17.6 Å². The molecule has 0 spiro atoms. The summed E-state index contributed by atoms with van der Waals surface area (Å²) in [6.07, 6.45) is -0.177. The fourth-order valence-corrected chi connectivity index (χ4v) is 2.59. The first kappa shape index (κ1) is 16.2. The Morgan fingerprint density at radius 2 is 1.88 bits per heavy atom. The third-order valence-electron chi connectivity index (χ3n) is 3.96. The van der Waals surface area contributed by atoms with E-state index in [0.717, 1.165) is 22.7 Å². The lowest BCUT2D eigenvalue weighted by molar-refractivity contribution is 0.0693. The second-order valence-corrected chi connectivity index (χ2v) is 5.83. The molecule has 0 saturated heterocycles. The van der Waals surface area contributed by atoms with Crippen LogP contribution < -0.4 is 14.8 Å². The first-order chi connectivity index (χ1) is 11.7. The van der Waals surface area contributed by atoms with Crippen LogP contribution >= 0.6 is 0 Å². The molecule has 3 rings (SSSR count). The molecule has 0 bridgehead atoms. The Morgan fingerprint density at radius 3 is 2.58 bits per heavy atom. The van der Waals surface area contributed by atoms with Crippen LogP contribution in [0.25, 0.3) is 0 Å². The van der Waals surface area contributed by atoms with Gasteiger partial charge in [-0.05, 0) is 38.1 Å². The molecule has 0 fully saturated rings. The van der Waals surface area contributed by atoms with Gasteiger partial charge in [0.05, 0.1) is 6.54 Å². The number of hydrogen-bond donors (Lipinski definition) is 1. The predicted molar refractivity (Wildman–Crippen MR) is 93.8 cm³/mol. The van der Waals surface area contributed by atoms with E-state index in [1.165, 1.54) is 0 Å².